The fourth-order valence-electron chi connectivity index (χ4n) is 2.30. The molecule has 130 valence electrons. The number of hydrogen-bond donors (Lipinski definition) is 2. The number of aromatic carboxylic acids is 1. The SMILES string of the molecule is O=C(O)c1c(N2C=CON2)ccn(-c2cccc(C(F)(F)F)c2)c1=O. The van der Waals surface area contributed by atoms with Gasteiger partial charge < -0.3 is 9.94 Å². The molecule has 0 atom stereocenters. The lowest BCUT2D eigenvalue weighted by molar-refractivity contribution is -0.137. The van der Waals surface area contributed by atoms with E-state index in [1.54, 1.807) is 0 Å². The third-order valence-corrected chi connectivity index (χ3v) is 3.42. The molecule has 7 nitrogen and oxygen atoms in total. The minimum Gasteiger partial charge on any atom is -0.477 e. The van der Waals surface area contributed by atoms with Gasteiger partial charge in [0.15, 0.2) is 5.56 Å². The van der Waals surface area contributed by atoms with Gasteiger partial charge in [0, 0.05) is 11.9 Å². The Bertz CT molecular complexity index is 921. The number of hydrogen-bond acceptors (Lipinski definition) is 5. The van der Waals surface area contributed by atoms with Crippen LogP contribution in [0.1, 0.15) is 15.9 Å². The van der Waals surface area contributed by atoms with Crippen LogP contribution in [0.4, 0.5) is 18.9 Å². The van der Waals surface area contributed by atoms with E-state index in [1.165, 1.54) is 30.8 Å². The average Bonchev–Trinajstić information content (AvgIpc) is 3.07. The molecule has 0 radical (unpaired) electrons. The van der Waals surface area contributed by atoms with E-state index >= 15 is 0 Å². The molecular weight excluding hydrogens is 343 g/mol. The maximum atomic E-state index is 12.8. The first-order valence-electron chi connectivity index (χ1n) is 6.83. The normalized spacial score (nSPS) is 13.8. The van der Waals surface area contributed by atoms with Gasteiger partial charge in [0.05, 0.1) is 17.5 Å². The number of alkyl halides is 3. The van der Waals surface area contributed by atoms with E-state index in [-0.39, 0.29) is 11.4 Å². The van der Waals surface area contributed by atoms with Crippen LogP contribution < -0.4 is 16.2 Å². The topological polar surface area (TPSA) is 83.8 Å². The van der Waals surface area contributed by atoms with E-state index in [0.717, 1.165) is 27.8 Å². The van der Waals surface area contributed by atoms with Crippen molar-refractivity contribution in [2.45, 2.75) is 6.18 Å². The second-order valence-corrected chi connectivity index (χ2v) is 4.97. The molecule has 3 rings (SSSR count). The van der Waals surface area contributed by atoms with E-state index in [0.29, 0.717) is 0 Å². The highest BCUT2D eigenvalue weighted by atomic mass is 19.4. The summed E-state index contributed by atoms with van der Waals surface area (Å²) in [5, 5.41) is 10.5. The van der Waals surface area contributed by atoms with Crippen molar-refractivity contribution in [3.63, 3.8) is 0 Å². The summed E-state index contributed by atoms with van der Waals surface area (Å²) in [6.07, 6.45) is -0.829. The maximum absolute atomic E-state index is 12.8. The van der Waals surface area contributed by atoms with Gasteiger partial charge in [-0.05, 0) is 24.3 Å². The minimum absolute atomic E-state index is 0.0190. The minimum atomic E-state index is -4.59. The molecule has 10 heteroatoms. The van der Waals surface area contributed by atoms with Gasteiger partial charge in [-0.15, -0.1) is 0 Å². The molecule has 2 aromatic rings. The standard InChI is InChI=1S/C15H10F3N3O4/c16-15(17,18)9-2-1-3-10(8-9)20-5-4-11(21-6-7-25-19-21)12(13(20)22)14(23)24/h1-8,19H,(H,23,24). The summed E-state index contributed by atoms with van der Waals surface area (Å²) in [6.45, 7) is 0. The predicted molar refractivity (Wildman–Crippen MR) is 79.8 cm³/mol. The Morgan fingerprint density at radius 3 is 2.60 bits per heavy atom. The zero-order valence-electron chi connectivity index (χ0n) is 12.3. The van der Waals surface area contributed by atoms with Crippen LogP contribution in [-0.4, -0.2) is 15.6 Å². The number of carboxylic acids is 1. The summed E-state index contributed by atoms with van der Waals surface area (Å²) in [4.78, 5) is 28.8. The highest BCUT2D eigenvalue weighted by Gasteiger charge is 2.31. The van der Waals surface area contributed by atoms with Crippen molar-refractivity contribution in [3.8, 4) is 5.69 Å². The zero-order valence-corrected chi connectivity index (χ0v) is 12.3. The molecule has 0 saturated carbocycles. The summed E-state index contributed by atoms with van der Waals surface area (Å²) >= 11 is 0. The molecule has 0 amide bonds. The lowest BCUT2D eigenvalue weighted by Gasteiger charge is -2.17. The average molecular weight is 353 g/mol. The number of aromatic nitrogens is 1. The monoisotopic (exact) mass is 353 g/mol. The zero-order chi connectivity index (χ0) is 18.2. The third kappa shape index (κ3) is 3.06. The van der Waals surface area contributed by atoms with E-state index in [4.69, 9.17) is 4.84 Å². The summed E-state index contributed by atoms with van der Waals surface area (Å²) < 4.78 is 39.4. The van der Waals surface area contributed by atoms with Gasteiger partial charge in [-0.25, -0.2) is 9.80 Å². The summed E-state index contributed by atoms with van der Waals surface area (Å²) in [6, 6.07) is 5.31. The number of carbonyl (C=O) groups is 1. The number of nitrogens with one attached hydrogen (secondary N) is 1. The van der Waals surface area contributed by atoms with E-state index < -0.39 is 28.8 Å². The number of benzene rings is 1. The number of rotatable bonds is 3. The summed E-state index contributed by atoms with van der Waals surface area (Å²) in [5.74, 6) is -1.52. The highest BCUT2D eigenvalue weighted by molar-refractivity contribution is 5.94. The van der Waals surface area contributed by atoms with Crippen LogP contribution in [0, 0.1) is 0 Å². The second kappa shape index (κ2) is 5.98. The Morgan fingerprint density at radius 2 is 2.00 bits per heavy atom. The van der Waals surface area contributed by atoms with Crippen molar-refractivity contribution in [2.24, 2.45) is 0 Å². The first-order valence-corrected chi connectivity index (χ1v) is 6.83. The van der Waals surface area contributed by atoms with E-state index in [2.05, 4.69) is 5.59 Å². The molecule has 0 spiro atoms. The van der Waals surface area contributed by atoms with Crippen LogP contribution in [0.15, 0.2) is 53.8 Å². The molecule has 0 fully saturated rings. The predicted octanol–water partition coefficient (Wildman–Crippen LogP) is 2.28. The number of pyridine rings is 1. The second-order valence-electron chi connectivity index (χ2n) is 4.97. The number of nitrogens with zero attached hydrogens (tertiary/aromatic N) is 2. The van der Waals surface area contributed by atoms with Crippen molar-refractivity contribution >= 4 is 11.7 Å². The lowest BCUT2D eigenvalue weighted by atomic mass is 10.1. The van der Waals surface area contributed by atoms with Crippen LogP contribution in [0.25, 0.3) is 5.69 Å². The fraction of sp³-hybridized carbons (Fsp3) is 0.0667. The number of carboxylic acid groups (broad SMARTS) is 1. The molecule has 0 bridgehead atoms. The number of anilines is 1. The maximum Gasteiger partial charge on any atom is 0.416 e. The van der Waals surface area contributed by atoms with E-state index in [1.807, 2.05) is 0 Å². The quantitative estimate of drug-likeness (QED) is 0.881. The van der Waals surface area contributed by atoms with Gasteiger partial charge in [-0.1, -0.05) is 11.7 Å². The van der Waals surface area contributed by atoms with Crippen molar-refractivity contribution in [3.05, 3.63) is 70.5 Å². The molecular formula is C15H10F3N3O4. The fourth-order valence-corrected chi connectivity index (χ4v) is 2.30. The van der Waals surface area contributed by atoms with E-state index in [9.17, 15) is 27.9 Å². The molecule has 0 saturated heterocycles. The molecule has 0 aliphatic carbocycles. The van der Waals surface area contributed by atoms with Gasteiger partial charge in [0.25, 0.3) is 5.56 Å². The van der Waals surface area contributed by atoms with Crippen LogP contribution in [0.5, 0.6) is 0 Å². The number of hydrazine groups is 1. The van der Waals surface area contributed by atoms with Crippen LogP contribution in [-0.2, 0) is 11.0 Å². The summed E-state index contributed by atoms with van der Waals surface area (Å²) in [7, 11) is 0. The molecule has 2 heterocycles. The Balaban J connectivity index is 2.16. The van der Waals surface area contributed by atoms with Crippen molar-refractivity contribution in [1.29, 1.82) is 0 Å². The van der Waals surface area contributed by atoms with Gasteiger partial charge in [0.2, 0.25) is 0 Å². The molecule has 1 aliphatic heterocycles. The van der Waals surface area contributed by atoms with Crippen LogP contribution in [0.2, 0.25) is 0 Å². The molecule has 1 aromatic heterocycles. The van der Waals surface area contributed by atoms with Gasteiger partial charge in [-0.3, -0.25) is 9.36 Å². The Morgan fingerprint density at radius 1 is 1.24 bits per heavy atom. The molecule has 2 N–H and O–H groups in total. The molecule has 1 aliphatic rings. The summed E-state index contributed by atoms with van der Waals surface area (Å²) in [5.41, 5.74) is -0.327. The molecule has 0 unspecified atom stereocenters. The molecule has 1 aromatic carbocycles. The van der Waals surface area contributed by atoms with Crippen LogP contribution in [0.3, 0.4) is 0 Å². The third-order valence-electron chi connectivity index (χ3n) is 3.42. The Hall–Kier alpha value is -3.27. The first-order chi connectivity index (χ1) is 11.8. The van der Waals surface area contributed by atoms with Gasteiger partial charge >= 0.3 is 12.1 Å². The van der Waals surface area contributed by atoms with Gasteiger partial charge in [-0.2, -0.15) is 13.2 Å². The molecule has 25 heavy (non-hydrogen) atoms. The van der Waals surface area contributed by atoms with Crippen LogP contribution >= 0.6 is 0 Å². The first kappa shape index (κ1) is 16.6. The smallest absolute Gasteiger partial charge is 0.416 e. The van der Waals surface area contributed by atoms with Crippen molar-refractivity contribution < 1.29 is 27.9 Å². The largest absolute Gasteiger partial charge is 0.477 e. The lowest BCUT2D eigenvalue weighted by Crippen LogP contribution is -2.33. The highest BCUT2D eigenvalue weighted by Crippen LogP contribution is 2.30. The van der Waals surface area contributed by atoms with Crippen molar-refractivity contribution in [2.75, 3.05) is 5.01 Å². The van der Waals surface area contributed by atoms with Gasteiger partial charge in [0.1, 0.15) is 6.26 Å². The Kier molecular flexibility index (Phi) is 3.97. The Labute approximate surface area is 138 Å². The van der Waals surface area contributed by atoms with Crippen molar-refractivity contribution in [1.82, 2.24) is 10.2 Å². The number of halogens is 3.